The molecule has 0 spiro atoms. The van der Waals surface area contributed by atoms with Crippen molar-refractivity contribution in [3.63, 3.8) is 0 Å². The Morgan fingerprint density at radius 2 is 1.70 bits per heavy atom. The minimum Gasteiger partial charge on any atom is -0.496 e. The van der Waals surface area contributed by atoms with E-state index in [0.717, 1.165) is 0 Å². The number of methoxy groups -OCH3 is 1. The lowest BCUT2D eigenvalue weighted by atomic mass is 10.0. The Morgan fingerprint density at radius 3 is 2.39 bits per heavy atom. The fraction of sp³-hybridized carbons (Fsp3) is 0.120. The summed E-state index contributed by atoms with van der Waals surface area (Å²) in [4.78, 5) is 36.0. The van der Waals surface area contributed by atoms with E-state index >= 15 is 0 Å². The molecule has 0 heterocycles. The molecule has 0 aliphatic rings. The fourth-order valence-electron chi connectivity index (χ4n) is 3.17. The summed E-state index contributed by atoms with van der Waals surface area (Å²) in [5, 5.41) is 13.7. The molecule has 0 fully saturated rings. The number of nitro benzene ring substituents is 1. The maximum atomic E-state index is 12.9. The second-order valence-electron chi connectivity index (χ2n) is 7.02. The molecule has 33 heavy (non-hydrogen) atoms. The predicted octanol–water partition coefficient (Wildman–Crippen LogP) is 4.63. The highest BCUT2D eigenvalue weighted by Crippen LogP contribution is 2.28. The van der Waals surface area contributed by atoms with Crippen molar-refractivity contribution in [3.05, 3.63) is 99.6 Å². The Hall–Kier alpha value is -4.46. The lowest BCUT2D eigenvalue weighted by molar-refractivity contribution is -0.384. The summed E-state index contributed by atoms with van der Waals surface area (Å²) in [5.41, 5.74) is 1.84. The first kappa shape index (κ1) is 23.2. The largest absolute Gasteiger partial charge is 0.496 e. The third-order valence-electron chi connectivity index (χ3n) is 4.79. The van der Waals surface area contributed by atoms with Crippen LogP contribution in [0.3, 0.4) is 0 Å². The molecule has 0 aliphatic heterocycles. The van der Waals surface area contributed by atoms with Crippen molar-refractivity contribution in [3.8, 4) is 5.75 Å². The zero-order valence-corrected chi connectivity index (χ0v) is 18.1. The second-order valence-corrected chi connectivity index (χ2v) is 7.02. The number of esters is 1. The smallest absolute Gasteiger partial charge is 0.339 e. The number of ether oxygens (including phenoxy) is 2. The average Bonchev–Trinajstić information content (AvgIpc) is 2.82. The van der Waals surface area contributed by atoms with Gasteiger partial charge in [0.25, 0.3) is 11.6 Å². The molecule has 8 heteroatoms. The first-order valence-corrected chi connectivity index (χ1v) is 10.0. The molecule has 0 unspecified atom stereocenters. The summed E-state index contributed by atoms with van der Waals surface area (Å²) in [5.74, 6) is -0.838. The molecule has 0 saturated heterocycles. The highest BCUT2D eigenvalue weighted by molar-refractivity contribution is 6.22. The minimum atomic E-state index is -0.721. The number of rotatable bonds is 8. The summed E-state index contributed by atoms with van der Waals surface area (Å²) in [6.07, 6.45) is 1.63. The number of carbonyl (C=O) groups is 2. The number of nitro groups is 1. The molecule has 1 N–H and O–H groups in total. The minimum absolute atomic E-state index is 0.0661. The number of anilines is 1. The molecule has 0 radical (unpaired) electrons. The van der Waals surface area contributed by atoms with E-state index < -0.39 is 23.4 Å². The maximum absolute atomic E-state index is 12.9. The molecule has 0 aromatic heterocycles. The first-order valence-electron chi connectivity index (χ1n) is 10.0. The fourth-order valence-corrected chi connectivity index (χ4v) is 3.17. The van der Waals surface area contributed by atoms with E-state index in [9.17, 15) is 19.7 Å². The predicted molar refractivity (Wildman–Crippen MR) is 125 cm³/mol. The number of para-hydroxylation sites is 2. The zero-order valence-electron chi connectivity index (χ0n) is 18.1. The van der Waals surface area contributed by atoms with Crippen molar-refractivity contribution in [1.82, 2.24) is 0 Å². The standard InChI is InChI=1S/C25H22N2O6/c1-17-9-8-13-21(27(30)31)24(17)26-23(28)16-33-25(29)20(18-10-4-3-5-11-18)15-19-12-6-7-14-22(19)32-2/h3-15H,16H2,1-2H3,(H,26,28)/b20-15+. The van der Waals surface area contributed by atoms with Crippen LogP contribution in [0.5, 0.6) is 5.75 Å². The number of carbonyl (C=O) groups excluding carboxylic acids is 2. The Kier molecular flexibility index (Phi) is 7.54. The zero-order chi connectivity index (χ0) is 23.8. The summed E-state index contributed by atoms with van der Waals surface area (Å²) >= 11 is 0. The number of hydrogen-bond acceptors (Lipinski definition) is 6. The van der Waals surface area contributed by atoms with Crippen LogP contribution in [-0.4, -0.2) is 30.5 Å². The second kappa shape index (κ2) is 10.7. The molecule has 3 aromatic rings. The van der Waals surface area contributed by atoms with Crippen LogP contribution in [0.2, 0.25) is 0 Å². The number of benzene rings is 3. The van der Waals surface area contributed by atoms with Gasteiger partial charge in [-0.25, -0.2) is 4.79 Å². The van der Waals surface area contributed by atoms with E-state index in [2.05, 4.69) is 5.32 Å². The van der Waals surface area contributed by atoms with Crippen LogP contribution in [0.4, 0.5) is 11.4 Å². The Labute approximate surface area is 190 Å². The Balaban J connectivity index is 1.81. The monoisotopic (exact) mass is 446 g/mol. The van der Waals surface area contributed by atoms with Gasteiger partial charge in [0.15, 0.2) is 6.61 Å². The van der Waals surface area contributed by atoms with Gasteiger partial charge in [0.05, 0.1) is 17.6 Å². The summed E-state index contributed by atoms with van der Waals surface area (Å²) < 4.78 is 10.6. The third-order valence-corrected chi connectivity index (χ3v) is 4.79. The van der Waals surface area contributed by atoms with Crippen LogP contribution in [0.25, 0.3) is 11.6 Å². The lowest BCUT2D eigenvalue weighted by Gasteiger charge is -2.12. The molecule has 3 rings (SSSR count). The molecule has 3 aromatic carbocycles. The lowest BCUT2D eigenvalue weighted by Crippen LogP contribution is -2.22. The van der Waals surface area contributed by atoms with Crippen LogP contribution in [-0.2, 0) is 14.3 Å². The van der Waals surface area contributed by atoms with Crippen LogP contribution < -0.4 is 10.1 Å². The molecule has 8 nitrogen and oxygen atoms in total. The van der Waals surface area contributed by atoms with E-state index in [0.29, 0.717) is 22.4 Å². The normalized spacial score (nSPS) is 10.9. The van der Waals surface area contributed by atoms with Gasteiger partial charge in [0.1, 0.15) is 11.4 Å². The number of aryl methyl sites for hydroxylation is 1. The third kappa shape index (κ3) is 5.82. The van der Waals surface area contributed by atoms with Crippen molar-refractivity contribution in [1.29, 1.82) is 0 Å². The van der Waals surface area contributed by atoms with Crippen molar-refractivity contribution in [2.75, 3.05) is 19.0 Å². The summed E-state index contributed by atoms with van der Waals surface area (Å²) in [6, 6.07) is 20.5. The van der Waals surface area contributed by atoms with Crippen LogP contribution >= 0.6 is 0 Å². The molecule has 0 aliphatic carbocycles. The van der Waals surface area contributed by atoms with Crippen LogP contribution in [0.15, 0.2) is 72.8 Å². The number of amides is 1. The molecule has 0 bridgehead atoms. The Morgan fingerprint density at radius 1 is 1.00 bits per heavy atom. The molecule has 0 atom stereocenters. The van der Waals surface area contributed by atoms with Gasteiger partial charge in [-0.2, -0.15) is 0 Å². The summed E-state index contributed by atoms with van der Waals surface area (Å²) in [7, 11) is 1.53. The quantitative estimate of drug-likeness (QED) is 0.178. The molecule has 0 saturated carbocycles. The van der Waals surface area contributed by atoms with E-state index in [1.54, 1.807) is 55.5 Å². The number of nitrogens with zero attached hydrogens (tertiary/aromatic N) is 1. The van der Waals surface area contributed by atoms with E-state index in [-0.39, 0.29) is 16.9 Å². The van der Waals surface area contributed by atoms with Crippen molar-refractivity contribution < 1.29 is 24.0 Å². The van der Waals surface area contributed by atoms with Gasteiger partial charge in [-0.3, -0.25) is 14.9 Å². The van der Waals surface area contributed by atoms with Gasteiger partial charge in [0.2, 0.25) is 0 Å². The molecular weight excluding hydrogens is 424 g/mol. The van der Waals surface area contributed by atoms with Gasteiger partial charge in [-0.05, 0) is 30.2 Å². The SMILES string of the molecule is COc1ccccc1/C=C(/C(=O)OCC(=O)Nc1c(C)cccc1[N+](=O)[O-])c1ccccc1. The Bertz CT molecular complexity index is 1200. The highest BCUT2D eigenvalue weighted by Gasteiger charge is 2.20. The van der Waals surface area contributed by atoms with E-state index in [4.69, 9.17) is 9.47 Å². The van der Waals surface area contributed by atoms with Gasteiger partial charge in [0, 0.05) is 11.6 Å². The number of hydrogen-bond donors (Lipinski definition) is 1. The van der Waals surface area contributed by atoms with Gasteiger partial charge < -0.3 is 14.8 Å². The van der Waals surface area contributed by atoms with Crippen LogP contribution in [0, 0.1) is 17.0 Å². The van der Waals surface area contributed by atoms with Crippen LogP contribution in [0.1, 0.15) is 16.7 Å². The molecular formula is C25H22N2O6. The molecule has 1 amide bonds. The topological polar surface area (TPSA) is 108 Å². The first-order chi connectivity index (χ1) is 15.9. The average molecular weight is 446 g/mol. The van der Waals surface area contributed by atoms with Gasteiger partial charge >= 0.3 is 5.97 Å². The van der Waals surface area contributed by atoms with E-state index in [1.165, 1.54) is 19.2 Å². The maximum Gasteiger partial charge on any atom is 0.339 e. The van der Waals surface area contributed by atoms with Crippen molar-refractivity contribution in [2.24, 2.45) is 0 Å². The van der Waals surface area contributed by atoms with Gasteiger partial charge in [-0.1, -0.05) is 60.7 Å². The highest BCUT2D eigenvalue weighted by atomic mass is 16.6. The van der Waals surface area contributed by atoms with Gasteiger partial charge in [-0.15, -0.1) is 0 Å². The summed E-state index contributed by atoms with van der Waals surface area (Å²) in [6.45, 7) is 1.03. The van der Waals surface area contributed by atoms with Crippen molar-refractivity contribution in [2.45, 2.75) is 6.92 Å². The molecule has 168 valence electrons. The van der Waals surface area contributed by atoms with Crippen molar-refractivity contribution >= 4 is 34.9 Å². The number of nitrogens with one attached hydrogen (secondary N) is 1. The van der Waals surface area contributed by atoms with E-state index in [1.807, 2.05) is 18.2 Å².